The van der Waals surface area contributed by atoms with Gasteiger partial charge in [0.25, 0.3) is 0 Å². The van der Waals surface area contributed by atoms with Crippen LogP contribution in [0.15, 0.2) is 0 Å². The molecule has 0 fully saturated rings. The minimum atomic E-state index is -1.47. The zero-order chi connectivity index (χ0) is 12.9. The van der Waals surface area contributed by atoms with Crippen molar-refractivity contribution in [3.63, 3.8) is 0 Å². The minimum Gasteiger partial charge on any atom is -0.391 e. The molecule has 16 heavy (non-hydrogen) atoms. The molecular weight excluding hydrogens is 256 g/mol. The lowest BCUT2D eigenvalue weighted by Gasteiger charge is -2.32. The van der Waals surface area contributed by atoms with Gasteiger partial charge in [0, 0.05) is 0 Å². The van der Waals surface area contributed by atoms with Gasteiger partial charge in [-0.1, -0.05) is 0 Å². The van der Waals surface area contributed by atoms with Crippen LogP contribution in [0.2, 0.25) is 0 Å². The van der Waals surface area contributed by atoms with E-state index in [0.29, 0.717) is 0 Å². The van der Waals surface area contributed by atoms with Crippen molar-refractivity contribution >= 4 is 25.8 Å². The van der Waals surface area contributed by atoms with E-state index in [2.05, 4.69) is 34.2 Å². The molecule has 0 saturated carbocycles. The number of thiol groups is 2. The van der Waals surface area contributed by atoms with E-state index in [4.69, 9.17) is 5.11 Å². The van der Waals surface area contributed by atoms with E-state index in [1.165, 1.54) is 13.8 Å². The van der Waals surface area contributed by atoms with Gasteiger partial charge in [-0.25, -0.2) is 0 Å². The lowest BCUT2D eigenvalue weighted by molar-refractivity contribution is -0.125. The molecule has 0 aliphatic rings. The highest BCUT2D eigenvalue weighted by Gasteiger charge is 2.38. The molecule has 0 amide bonds. The maximum absolute atomic E-state index is 9.69. The third-order valence-corrected chi connectivity index (χ3v) is 2.71. The van der Waals surface area contributed by atoms with Gasteiger partial charge in [0.15, 0.2) is 0 Å². The quantitative estimate of drug-likeness (QED) is 0.261. The van der Waals surface area contributed by atoms with Gasteiger partial charge in [0.05, 0.1) is 12.2 Å². The number of aliphatic hydroxyl groups is 4. The molecule has 0 aliphatic carbocycles. The van der Waals surface area contributed by atoms with Crippen LogP contribution in [0.5, 0.6) is 0 Å². The molecule has 6 nitrogen and oxygen atoms in total. The minimum absolute atomic E-state index is 0.995. The molecule has 0 radical (unpaired) electrons. The molecule has 0 rings (SSSR count). The summed E-state index contributed by atoms with van der Waals surface area (Å²) in [5, 5.41) is 37.6. The van der Waals surface area contributed by atoms with Crippen molar-refractivity contribution in [1.82, 2.24) is 0 Å². The Morgan fingerprint density at radius 1 is 0.750 bits per heavy atom. The van der Waals surface area contributed by atoms with E-state index in [9.17, 15) is 15.3 Å². The van der Waals surface area contributed by atoms with Gasteiger partial charge in [-0.15, -0.1) is 0 Å². The highest BCUT2D eigenvalue weighted by Crippen LogP contribution is 2.19. The Balaban J connectivity index is 4.69. The molecule has 0 aromatic heterocycles. The van der Waals surface area contributed by atoms with E-state index in [1.807, 2.05) is 0 Å². The van der Waals surface area contributed by atoms with Crippen LogP contribution >= 0.6 is 25.8 Å². The first-order valence-electron chi connectivity index (χ1n) is 4.69. The maximum atomic E-state index is 9.69. The van der Waals surface area contributed by atoms with Crippen molar-refractivity contribution < 1.29 is 28.8 Å². The number of hydrogen-bond donors (Lipinski definition) is 6. The Labute approximate surface area is 105 Å². The van der Waals surface area contributed by atoms with Crippen molar-refractivity contribution in [2.45, 2.75) is 50.5 Å². The fraction of sp³-hybridized carbons (Fsp3) is 1.00. The lowest BCUT2D eigenvalue weighted by atomic mass is 9.97. The van der Waals surface area contributed by atoms with Crippen LogP contribution in [0.3, 0.4) is 0 Å². The Morgan fingerprint density at radius 2 is 1.19 bits per heavy atom. The molecule has 0 aliphatic heterocycles. The van der Waals surface area contributed by atoms with Gasteiger partial charge in [0.1, 0.15) is 24.4 Å². The molecule has 0 heterocycles. The van der Waals surface area contributed by atoms with Crippen molar-refractivity contribution in [1.29, 1.82) is 0 Å². The second-order valence-corrected chi connectivity index (χ2v) is 4.02. The highest BCUT2D eigenvalue weighted by molar-refractivity contribution is 7.75. The van der Waals surface area contributed by atoms with Gasteiger partial charge in [-0.2, -0.15) is 0 Å². The van der Waals surface area contributed by atoms with Crippen molar-refractivity contribution in [3.05, 3.63) is 0 Å². The van der Waals surface area contributed by atoms with Crippen molar-refractivity contribution in [3.8, 4) is 0 Å². The van der Waals surface area contributed by atoms with E-state index in [1.54, 1.807) is 0 Å². The van der Waals surface area contributed by atoms with Crippen LogP contribution in [0.1, 0.15) is 13.8 Å². The topological polar surface area (TPSA) is 99.4 Å². The average Bonchev–Trinajstić information content (AvgIpc) is 2.22. The second kappa shape index (κ2) is 7.72. The first-order chi connectivity index (χ1) is 7.36. The molecule has 98 valence electrons. The highest BCUT2D eigenvalue weighted by atomic mass is 32.1. The molecule has 6 atom stereocenters. The third-order valence-electron chi connectivity index (χ3n) is 2.22. The summed E-state index contributed by atoms with van der Waals surface area (Å²) >= 11 is 7.06. The van der Waals surface area contributed by atoms with Crippen molar-refractivity contribution in [2.75, 3.05) is 0 Å². The van der Waals surface area contributed by atoms with E-state index < -0.39 is 36.6 Å². The number of aliphatic hydroxyl groups excluding tert-OH is 4. The molecule has 0 saturated heterocycles. The summed E-state index contributed by atoms with van der Waals surface area (Å²) in [6.45, 7) is 2.71. The first kappa shape index (κ1) is 16.5. The normalized spacial score (nSPS) is 23.2. The Hall–Kier alpha value is 0.460. The smallest absolute Gasteiger partial charge is 0.130 e. The summed E-state index contributed by atoms with van der Waals surface area (Å²) in [5.74, 6) is 0. The Morgan fingerprint density at radius 3 is 1.44 bits per heavy atom. The summed E-state index contributed by atoms with van der Waals surface area (Å²) in [6.07, 6.45) is -7.19. The molecule has 6 unspecified atom stereocenters. The first-order valence-corrected chi connectivity index (χ1v) is 5.42. The van der Waals surface area contributed by atoms with Crippen LogP contribution in [0.4, 0.5) is 0 Å². The zero-order valence-electron chi connectivity index (χ0n) is 8.96. The summed E-state index contributed by atoms with van der Waals surface area (Å²) in [7, 11) is 0. The summed E-state index contributed by atoms with van der Waals surface area (Å²) in [4.78, 5) is 0. The largest absolute Gasteiger partial charge is 0.391 e. The van der Waals surface area contributed by atoms with Crippen LogP contribution in [-0.4, -0.2) is 57.0 Å². The van der Waals surface area contributed by atoms with Crippen LogP contribution in [-0.2, 0) is 8.37 Å². The van der Waals surface area contributed by atoms with Gasteiger partial charge in [-0.05, 0) is 39.7 Å². The van der Waals surface area contributed by atoms with Gasteiger partial charge in [0.2, 0.25) is 0 Å². The van der Waals surface area contributed by atoms with E-state index in [0.717, 1.165) is 0 Å². The van der Waals surface area contributed by atoms with Crippen LogP contribution < -0.4 is 0 Å². The predicted octanol–water partition coefficient (Wildman–Crippen LogP) is -1.07. The standard InChI is InChI=1S/C8H18O6S2/c1-3(9)5(11)6(12)8(14-16)7(13-15)4(2)10/h3-12,15-16H,1-2H3. The molecule has 0 spiro atoms. The van der Waals surface area contributed by atoms with Crippen LogP contribution in [0.25, 0.3) is 0 Å². The van der Waals surface area contributed by atoms with Crippen molar-refractivity contribution in [2.24, 2.45) is 0 Å². The Kier molecular flexibility index (Phi) is 7.94. The van der Waals surface area contributed by atoms with E-state index >= 15 is 0 Å². The summed E-state index contributed by atoms with van der Waals surface area (Å²) in [6, 6.07) is 0. The summed E-state index contributed by atoms with van der Waals surface area (Å²) < 4.78 is 9.27. The fourth-order valence-electron chi connectivity index (χ4n) is 1.22. The number of rotatable bonds is 7. The molecule has 0 aromatic rings. The average molecular weight is 274 g/mol. The second-order valence-electron chi connectivity index (χ2n) is 3.60. The van der Waals surface area contributed by atoms with E-state index in [-0.39, 0.29) is 0 Å². The molecule has 0 bridgehead atoms. The molecular formula is C8H18O6S2. The maximum Gasteiger partial charge on any atom is 0.130 e. The molecule has 8 heteroatoms. The fourth-order valence-corrected chi connectivity index (χ4v) is 1.76. The van der Waals surface area contributed by atoms with Gasteiger partial charge < -0.3 is 28.8 Å². The number of hydrogen-bond acceptors (Lipinski definition) is 8. The zero-order valence-corrected chi connectivity index (χ0v) is 10.8. The lowest BCUT2D eigenvalue weighted by Crippen LogP contribution is -2.51. The third kappa shape index (κ3) is 4.38. The summed E-state index contributed by atoms with van der Waals surface area (Å²) in [5.41, 5.74) is 0. The monoisotopic (exact) mass is 274 g/mol. The SMILES string of the molecule is CC(O)C(O)C(O)C(OS)C(OS)C(C)O. The molecule has 0 aromatic carbocycles. The predicted molar refractivity (Wildman–Crippen MR) is 63.1 cm³/mol. The van der Waals surface area contributed by atoms with Crippen LogP contribution in [0, 0.1) is 0 Å². The molecule has 4 N–H and O–H groups in total. The Bertz CT molecular complexity index is 191. The van der Waals surface area contributed by atoms with Gasteiger partial charge in [-0.3, -0.25) is 0 Å². The van der Waals surface area contributed by atoms with Gasteiger partial charge >= 0.3 is 0 Å².